The molecule has 0 saturated carbocycles. The van der Waals surface area contributed by atoms with Gasteiger partial charge in [-0.3, -0.25) is 14.6 Å². The van der Waals surface area contributed by atoms with Crippen molar-refractivity contribution in [3.8, 4) is 0 Å². The molecule has 3 aromatic rings. The van der Waals surface area contributed by atoms with Crippen LogP contribution in [0.25, 0.3) is 0 Å². The molecule has 1 N–H and O–H groups in total. The number of likely N-dealkylation sites (tertiary alicyclic amines) is 1. The number of nitrogens with zero attached hydrogens (tertiary/aromatic N) is 3. The first-order valence-corrected chi connectivity index (χ1v) is 9.48. The molecule has 1 saturated heterocycles. The average molecular weight is 374 g/mol. The third-order valence-corrected chi connectivity index (χ3v) is 5.20. The molecule has 0 spiro atoms. The van der Waals surface area contributed by atoms with Crippen molar-refractivity contribution in [2.75, 3.05) is 6.54 Å². The summed E-state index contributed by atoms with van der Waals surface area (Å²) in [5.74, 6) is 0.485. The van der Waals surface area contributed by atoms with Gasteiger partial charge in [0.05, 0.1) is 11.6 Å². The van der Waals surface area contributed by atoms with Crippen LogP contribution in [0.1, 0.15) is 51.9 Å². The smallest absolute Gasteiger partial charge is 0.256 e. The molecular weight excluding hydrogens is 352 g/mol. The van der Waals surface area contributed by atoms with Gasteiger partial charge in [-0.05, 0) is 37.5 Å². The van der Waals surface area contributed by atoms with E-state index in [2.05, 4.69) is 15.0 Å². The molecule has 142 valence electrons. The predicted molar refractivity (Wildman–Crippen MR) is 106 cm³/mol. The Morgan fingerprint density at radius 3 is 2.75 bits per heavy atom. The SMILES string of the molecule is Cc1nc(C2CCCN2C(=O)c2cccnc2)[nH]c(=O)c1Cc1ccccc1. The number of aromatic nitrogens is 3. The number of aromatic amines is 1. The minimum atomic E-state index is -0.218. The molecule has 4 rings (SSSR count). The fourth-order valence-corrected chi connectivity index (χ4v) is 3.75. The second kappa shape index (κ2) is 7.76. The number of hydrogen-bond acceptors (Lipinski definition) is 4. The Morgan fingerprint density at radius 2 is 2.04 bits per heavy atom. The topological polar surface area (TPSA) is 79.0 Å². The lowest BCUT2D eigenvalue weighted by atomic mass is 10.0. The Balaban J connectivity index is 1.62. The minimum absolute atomic E-state index is 0.0794. The highest BCUT2D eigenvalue weighted by atomic mass is 16.2. The maximum absolute atomic E-state index is 12.9. The van der Waals surface area contributed by atoms with E-state index in [1.165, 1.54) is 0 Å². The van der Waals surface area contributed by atoms with Crippen molar-refractivity contribution in [1.29, 1.82) is 0 Å². The van der Waals surface area contributed by atoms with E-state index >= 15 is 0 Å². The second-order valence-electron chi connectivity index (χ2n) is 7.08. The first-order valence-electron chi connectivity index (χ1n) is 9.48. The lowest BCUT2D eigenvalue weighted by Gasteiger charge is -2.24. The van der Waals surface area contributed by atoms with Crippen molar-refractivity contribution in [3.63, 3.8) is 0 Å². The van der Waals surface area contributed by atoms with E-state index in [4.69, 9.17) is 0 Å². The summed E-state index contributed by atoms with van der Waals surface area (Å²) in [6.45, 7) is 2.51. The normalized spacial score (nSPS) is 16.3. The highest BCUT2D eigenvalue weighted by molar-refractivity contribution is 5.94. The number of hydrogen-bond donors (Lipinski definition) is 1. The van der Waals surface area contributed by atoms with E-state index in [1.54, 1.807) is 29.4 Å². The average Bonchev–Trinajstić information content (AvgIpc) is 3.21. The monoisotopic (exact) mass is 374 g/mol. The van der Waals surface area contributed by atoms with Crippen LogP contribution in [0.4, 0.5) is 0 Å². The maximum atomic E-state index is 12.9. The molecule has 1 aromatic carbocycles. The van der Waals surface area contributed by atoms with Crippen molar-refractivity contribution in [1.82, 2.24) is 19.9 Å². The van der Waals surface area contributed by atoms with Crippen LogP contribution in [-0.4, -0.2) is 32.3 Å². The molecule has 0 bridgehead atoms. The largest absolute Gasteiger partial charge is 0.328 e. The molecule has 1 aliphatic heterocycles. The summed E-state index contributed by atoms with van der Waals surface area (Å²) in [7, 11) is 0. The van der Waals surface area contributed by atoms with Crippen LogP contribution in [0, 0.1) is 6.92 Å². The molecular formula is C22H22N4O2. The predicted octanol–water partition coefficient (Wildman–Crippen LogP) is 3.04. The molecule has 6 nitrogen and oxygen atoms in total. The lowest BCUT2D eigenvalue weighted by molar-refractivity contribution is 0.0729. The Morgan fingerprint density at radius 1 is 1.21 bits per heavy atom. The van der Waals surface area contributed by atoms with E-state index < -0.39 is 0 Å². The first-order chi connectivity index (χ1) is 13.6. The molecule has 2 aromatic heterocycles. The maximum Gasteiger partial charge on any atom is 0.256 e. The number of benzene rings is 1. The van der Waals surface area contributed by atoms with Crippen molar-refractivity contribution in [3.05, 3.63) is 93.4 Å². The van der Waals surface area contributed by atoms with E-state index in [0.29, 0.717) is 35.6 Å². The van der Waals surface area contributed by atoms with Crippen LogP contribution < -0.4 is 5.56 Å². The zero-order valence-electron chi connectivity index (χ0n) is 15.8. The molecule has 1 aliphatic rings. The molecule has 6 heteroatoms. The van der Waals surface area contributed by atoms with Gasteiger partial charge in [0.2, 0.25) is 0 Å². The molecule has 3 heterocycles. The zero-order valence-corrected chi connectivity index (χ0v) is 15.8. The number of H-pyrrole nitrogens is 1. The van der Waals surface area contributed by atoms with E-state index in [9.17, 15) is 9.59 Å². The molecule has 1 fully saturated rings. The fourth-order valence-electron chi connectivity index (χ4n) is 3.75. The van der Waals surface area contributed by atoms with Crippen molar-refractivity contribution in [2.45, 2.75) is 32.2 Å². The Hall–Kier alpha value is -3.28. The number of carbonyl (C=O) groups is 1. The number of amides is 1. The summed E-state index contributed by atoms with van der Waals surface area (Å²) < 4.78 is 0. The van der Waals surface area contributed by atoms with Gasteiger partial charge in [0.1, 0.15) is 5.82 Å². The van der Waals surface area contributed by atoms with E-state index in [0.717, 1.165) is 18.4 Å². The molecule has 28 heavy (non-hydrogen) atoms. The van der Waals surface area contributed by atoms with Crippen LogP contribution in [0.5, 0.6) is 0 Å². The van der Waals surface area contributed by atoms with E-state index in [1.807, 2.05) is 37.3 Å². The van der Waals surface area contributed by atoms with Gasteiger partial charge in [0.15, 0.2) is 0 Å². The highest BCUT2D eigenvalue weighted by Crippen LogP contribution is 2.31. The standard InChI is InChI=1S/C22H22N4O2/c1-15-18(13-16-7-3-2-4-8-16)21(27)25-20(24-15)19-10-6-12-26(19)22(28)17-9-5-11-23-14-17/h2-5,7-9,11,14,19H,6,10,12-13H2,1H3,(H,24,25,27). The minimum Gasteiger partial charge on any atom is -0.328 e. The fraction of sp³-hybridized carbons (Fsp3) is 0.273. The van der Waals surface area contributed by atoms with Gasteiger partial charge in [-0.1, -0.05) is 30.3 Å². The van der Waals surface area contributed by atoms with Crippen LogP contribution in [0.15, 0.2) is 59.7 Å². The highest BCUT2D eigenvalue weighted by Gasteiger charge is 2.32. The Kier molecular flexibility index (Phi) is 5.02. The molecule has 0 aliphatic carbocycles. The summed E-state index contributed by atoms with van der Waals surface area (Å²) in [4.78, 5) is 39.1. The number of carbonyl (C=O) groups excluding carboxylic acids is 1. The summed E-state index contributed by atoms with van der Waals surface area (Å²) in [5, 5.41) is 0. The third kappa shape index (κ3) is 3.58. The number of nitrogens with one attached hydrogen (secondary N) is 1. The van der Waals surface area contributed by atoms with Crippen molar-refractivity contribution in [2.24, 2.45) is 0 Å². The summed E-state index contributed by atoms with van der Waals surface area (Å²) in [5.41, 5.74) is 2.86. The summed E-state index contributed by atoms with van der Waals surface area (Å²) in [6, 6.07) is 13.2. The van der Waals surface area contributed by atoms with Crippen LogP contribution in [0.2, 0.25) is 0 Å². The molecule has 1 amide bonds. The van der Waals surface area contributed by atoms with Gasteiger partial charge in [0.25, 0.3) is 11.5 Å². The van der Waals surface area contributed by atoms with Gasteiger partial charge in [-0.15, -0.1) is 0 Å². The van der Waals surface area contributed by atoms with Crippen molar-refractivity contribution >= 4 is 5.91 Å². The molecule has 0 radical (unpaired) electrons. The molecule has 1 unspecified atom stereocenters. The number of pyridine rings is 1. The van der Waals surface area contributed by atoms with Crippen LogP contribution in [-0.2, 0) is 6.42 Å². The third-order valence-electron chi connectivity index (χ3n) is 5.20. The van der Waals surface area contributed by atoms with Gasteiger partial charge < -0.3 is 9.88 Å². The van der Waals surface area contributed by atoms with Gasteiger partial charge in [-0.25, -0.2) is 4.98 Å². The number of aryl methyl sites for hydroxylation is 1. The summed E-state index contributed by atoms with van der Waals surface area (Å²) >= 11 is 0. The Bertz CT molecular complexity index is 1030. The molecule has 1 atom stereocenters. The lowest BCUT2D eigenvalue weighted by Crippen LogP contribution is -2.33. The zero-order chi connectivity index (χ0) is 19.5. The van der Waals surface area contributed by atoms with E-state index in [-0.39, 0.29) is 17.5 Å². The Labute approximate surface area is 163 Å². The summed E-state index contributed by atoms with van der Waals surface area (Å²) in [6.07, 6.45) is 5.42. The van der Waals surface area contributed by atoms with Crippen LogP contribution >= 0.6 is 0 Å². The van der Waals surface area contributed by atoms with Crippen molar-refractivity contribution < 1.29 is 4.79 Å². The van der Waals surface area contributed by atoms with Gasteiger partial charge >= 0.3 is 0 Å². The number of rotatable bonds is 4. The quantitative estimate of drug-likeness (QED) is 0.761. The van der Waals surface area contributed by atoms with Crippen LogP contribution in [0.3, 0.4) is 0 Å². The van der Waals surface area contributed by atoms with Gasteiger partial charge in [-0.2, -0.15) is 0 Å². The van der Waals surface area contributed by atoms with Gasteiger partial charge in [0, 0.05) is 36.6 Å². The first kappa shape index (κ1) is 18.1. The second-order valence-corrected chi connectivity index (χ2v) is 7.08.